The third kappa shape index (κ3) is 5.07. The predicted molar refractivity (Wildman–Crippen MR) is 89.0 cm³/mol. The van der Waals surface area contributed by atoms with Crippen LogP contribution in [0, 0.1) is 5.92 Å². The van der Waals surface area contributed by atoms with Crippen molar-refractivity contribution < 1.29 is 17.9 Å². The van der Waals surface area contributed by atoms with E-state index >= 15 is 0 Å². The number of hydrogen-bond donors (Lipinski definition) is 2. The molecule has 0 bridgehead atoms. The molecular formula is C15H20N4O4S. The molecule has 0 fully saturated rings. The van der Waals surface area contributed by atoms with Crippen molar-refractivity contribution in [2.75, 3.05) is 19.0 Å². The molecule has 24 heavy (non-hydrogen) atoms. The lowest BCUT2D eigenvalue weighted by Crippen LogP contribution is -2.30. The molecule has 2 aromatic rings. The number of rotatable bonds is 7. The summed E-state index contributed by atoms with van der Waals surface area (Å²) >= 11 is 0. The number of anilines is 1. The minimum atomic E-state index is -3.61. The Morgan fingerprint density at radius 2 is 2.04 bits per heavy atom. The van der Waals surface area contributed by atoms with Crippen molar-refractivity contribution >= 4 is 21.8 Å². The van der Waals surface area contributed by atoms with Gasteiger partial charge in [-0.25, -0.2) is 17.9 Å². The Hall–Kier alpha value is -2.39. The van der Waals surface area contributed by atoms with Gasteiger partial charge in [-0.05, 0) is 36.2 Å². The smallest absolute Gasteiger partial charge is 0.411 e. The van der Waals surface area contributed by atoms with Crippen molar-refractivity contribution in [3.63, 3.8) is 0 Å². The molecule has 0 aliphatic heterocycles. The highest BCUT2D eigenvalue weighted by Gasteiger charge is 2.15. The van der Waals surface area contributed by atoms with Gasteiger partial charge in [0.15, 0.2) is 0 Å². The van der Waals surface area contributed by atoms with Gasteiger partial charge < -0.3 is 4.74 Å². The largest absolute Gasteiger partial charge is 0.453 e. The molecule has 8 nitrogen and oxygen atoms in total. The lowest BCUT2D eigenvalue weighted by molar-refractivity contribution is 0.187. The molecule has 130 valence electrons. The van der Waals surface area contributed by atoms with Crippen LogP contribution in [0.5, 0.6) is 0 Å². The molecule has 0 saturated carbocycles. The summed E-state index contributed by atoms with van der Waals surface area (Å²) in [5.74, 6) is 0.0833. The van der Waals surface area contributed by atoms with Crippen LogP contribution in [0.15, 0.2) is 47.6 Å². The average Bonchev–Trinajstić information content (AvgIpc) is 3.06. The second-order valence-electron chi connectivity index (χ2n) is 5.33. The van der Waals surface area contributed by atoms with E-state index in [0.29, 0.717) is 18.8 Å². The van der Waals surface area contributed by atoms with Crippen molar-refractivity contribution in [1.29, 1.82) is 0 Å². The molecule has 2 rings (SSSR count). The normalized spacial score (nSPS) is 12.6. The Morgan fingerprint density at radius 3 is 2.62 bits per heavy atom. The Bertz CT molecular complexity index is 757. The van der Waals surface area contributed by atoms with Crippen LogP contribution in [0.25, 0.3) is 0 Å². The van der Waals surface area contributed by atoms with Gasteiger partial charge >= 0.3 is 6.09 Å². The number of sulfonamides is 1. The summed E-state index contributed by atoms with van der Waals surface area (Å²) in [6.45, 7) is 2.86. The van der Waals surface area contributed by atoms with Gasteiger partial charge in [0.1, 0.15) is 0 Å². The van der Waals surface area contributed by atoms with E-state index in [1.165, 1.54) is 31.4 Å². The van der Waals surface area contributed by atoms with Gasteiger partial charge in [0.2, 0.25) is 10.0 Å². The van der Waals surface area contributed by atoms with Crippen molar-refractivity contribution in [2.24, 2.45) is 5.92 Å². The highest BCUT2D eigenvalue weighted by Crippen LogP contribution is 2.14. The highest BCUT2D eigenvalue weighted by atomic mass is 32.2. The molecule has 2 N–H and O–H groups in total. The van der Waals surface area contributed by atoms with Crippen LogP contribution in [0.4, 0.5) is 10.5 Å². The molecule has 9 heteroatoms. The molecule has 0 aliphatic carbocycles. The molecule has 0 saturated heterocycles. The number of nitrogens with one attached hydrogen (secondary N) is 2. The lowest BCUT2D eigenvalue weighted by Gasteiger charge is -2.13. The Kier molecular flexibility index (Phi) is 5.93. The lowest BCUT2D eigenvalue weighted by atomic mass is 10.2. The number of amides is 1. The van der Waals surface area contributed by atoms with Crippen molar-refractivity contribution in [3.8, 4) is 0 Å². The summed E-state index contributed by atoms with van der Waals surface area (Å²) in [6.07, 6.45) is 2.90. The number of carbonyl (C=O) groups is 1. The van der Waals surface area contributed by atoms with E-state index < -0.39 is 16.1 Å². The third-order valence-electron chi connectivity index (χ3n) is 3.28. The Balaban J connectivity index is 1.93. The standard InChI is InChI=1S/C15H20N4O4S/c1-12(11-19-9-3-8-16-19)10-17-24(21,22)14-6-4-13(5-7-14)18-15(20)23-2/h3-9,12,17H,10-11H2,1-2H3,(H,18,20)/t12-/m1/s1. The maximum Gasteiger partial charge on any atom is 0.411 e. The van der Waals surface area contributed by atoms with Crippen LogP contribution >= 0.6 is 0 Å². The first-order valence-corrected chi connectivity index (χ1v) is 8.81. The number of methoxy groups -OCH3 is 1. The van der Waals surface area contributed by atoms with Crippen molar-refractivity contribution in [3.05, 3.63) is 42.7 Å². The van der Waals surface area contributed by atoms with Crippen LogP contribution in [0.2, 0.25) is 0 Å². The second-order valence-corrected chi connectivity index (χ2v) is 7.09. The summed E-state index contributed by atoms with van der Waals surface area (Å²) in [5, 5.41) is 6.55. The fraction of sp³-hybridized carbons (Fsp3) is 0.333. The molecule has 0 unspecified atom stereocenters. The van der Waals surface area contributed by atoms with Gasteiger partial charge in [0.25, 0.3) is 0 Å². The van der Waals surface area contributed by atoms with Gasteiger partial charge in [-0.3, -0.25) is 10.00 Å². The van der Waals surface area contributed by atoms with Gasteiger partial charge in [-0.1, -0.05) is 6.92 Å². The van der Waals surface area contributed by atoms with Crippen LogP contribution in [-0.4, -0.2) is 37.9 Å². The number of carbonyl (C=O) groups excluding carboxylic acids is 1. The fourth-order valence-electron chi connectivity index (χ4n) is 2.01. The first-order chi connectivity index (χ1) is 11.4. The SMILES string of the molecule is COC(=O)Nc1ccc(S(=O)(=O)NC[C@@H](C)Cn2cccn2)cc1. The third-order valence-corrected chi connectivity index (χ3v) is 4.72. The van der Waals surface area contributed by atoms with Crippen LogP contribution in [0.3, 0.4) is 0 Å². The van der Waals surface area contributed by atoms with E-state index in [1.807, 2.05) is 19.2 Å². The molecule has 1 aromatic heterocycles. The zero-order chi connectivity index (χ0) is 17.6. The number of nitrogens with zero attached hydrogens (tertiary/aromatic N) is 2. The summed E-state index contributed by atoms with van der Waals surface area (Å²) in [5.41, 5.74) is 0.452. The van der Waals surface area contributed by atoms with E-state index in [9.17, 15) is 13.2 Å². The minimum absolute atomic E-state index is 0.0833. The molecule has 1 aromatic carbocycles. The number of aromatic nitrogens is 2. The average molecular weight is 352 g/mol. The molecule has 0 radical (unpaired) electrons. The van der Waals surface area contributed by atoms with E-state index in [2.05, 4.69) is 19.9 Å². The summed E-state index contributed by atoms with van der Waals surface area (Å²) in [7, 11) is -2.36. The van der Waals surface area contributed by atoms with Crippen molar-refractivity contribution in [2.45, 2.75) is 18.4 Å². The maximum atomic E-state index is 12.3. The van der Waals surface area contributed by atoms with Gasteiger partial charge in [-0.15, -0.1) is 0 Å². The van der Waals surface area contributed by atoms with Crippen LogP contribution in [0.1, 0.15) is 6.92 Å². The highest BCUT2D eigenvalue weighted by molar-refractivity contribution is 7.89. The molecule has 0 spiro atoms. The van der Waals surface area contributed by atoms with Crippen molar-refractivity contribution in [1.82, 2.24) is 14.5 Å². The summed E-state index contributed by atoms with van der Waals surface area (Å²) < 4.78 is 33.4. The molecule has 1 atom stereocenters. The first kappa shape index (κ1) is 18.0. The number of benzene rings is 1. The number of hydrogen-bond acceptors (Lipinski definition) is 5. The zero-order valence-electron chi connectivity index (χ0n) is 13.5. The summed E-state index contributed by atoms with van der Waals surface area (Å²) in [6, 6.07) is 7.66. The summed E-state index contributed by atoms with van der Waals surface area (Å²) in [4.78, 5) is 11.2. The Labute approximate surface area is 140 Å². The predicted octanol–water partition coefficient (Wildman–Crippen LogP) is 1.68. The van der Waals surface area contributed by atoms with Crippen LogP contribution < -0.4 is 10.0 Å². The maximum absolute atomic E-state index is 12.3. The molecule has 0 aliphatic rings. The van der Waals surface area contributed by atoms with E-state index in [0.717, 1.165) is 0 Å². The quantitative estimate of drug-likeness (QED) is 0.789. The minimum Gasteiger partial charge on any atom is -0.453 e. The first-order valence-electron chi connectivity index (χ1n) is 7.33. The number of ether oxygens (including phenoxy) is 1. The monoisotopic (exact) mass is 352 g/mol. The zero-order valence-corrected chi connectivity index (χ0v) is 14.3. The van der Waals surface area contributed by atoms with Gasteiger partial charge in [0.05, 0.1) is 12.0 Å². The van der Waals surface area contributed by atoms with E-state index in [4.69, 9.17) is 0 Å². The van der Waals surface area contributed by atoms with Gasteiger partial charge in [-0.2, -0.15) is 5.10 Å². The molecule has 1 heterocycles. The Morgan fingerprint density at radius 1 is 1.33 bits per heavy atom. The van der Waals surface area contributed by atoms with E-state index in [-0.39, 0.29) is 10.8 Å². The molecule has 1 amide bonds. The van der Waals surface area contributed by atoms with E-state index in [1.54, 1.807) is 10.9 Å². The fourth-order valence-corrected chi connectivity index (χ4v) is 3.18. The second kappa shape index (κ2) is 7.93. The topological polar surface area (TPSA) is 102 Å². The molecular weight excluding hydrogens is 332 g/mol. The van der Waals surface area contributed by atoms with Crippen LogP contribution in [-0.2, 0) is 21.3 Å². The van der Waals surface area contributed by atoms with Gasteiger partial charge in [0, 0.05) is 31.2 Å².